The van der Waals surface area contributed by atoms with Gasteiger partial charge in [0.15, 0.2) is 0 Å². The quantitative estimate of drug-likeness (QED) is 0.381. The van der Waals surface area contributed by atoms with E-state index in [-0.39, 0.29) is 17.5 Å². The van der Waals surface area contributed by atoms with Crippen molar-refractivity contribution in [3.8, 4) is 0 Å². The van der Waals surface area contributed by atoms with Crippen LogP contribution in [0.15, 0.2) is 90.8 Å². The average Bonchev–Trinajstić information content (AvgIpc) is 3.21. The van der Waals surface area contributed by atoms with Gasteiger partial charge in [-0.25, -0.2) is 0 Å². The van der Waals surface area contributed by atoms with Gasteiger partial charge in [-0.2, -0.15) is 0 Å². The van der Waals surface area contributed by atoms with Crippen LogP contribution < -0.4 is 10.6 Å². The fourth-order valence-corrected chi connectivity index (χ4v) is 3.32. The van der Waals surface area contributed by atoms with Gasteiger partial charge in [0, 0.05) is 39.8 Å². The van der Waals surface area contributed by atoms with Crippen molar-refractivity contribution in [2.75, 3.05) is 0 Å². The molecular weight excluding hydrogens is 410 g/mol. The number of halogens is 1. The standard InChI is InChI=1S/C25H20ClN3O2/c26-20-12-10-17(11-13-20)15-28-25(31)23(29-24(30)18-6-2-1-3-7-18)14-19-16-27-22-9-5-4-8-21(19)22/h1-14,16,27H,15H2,(H,28,31)(H,29,30). The summed E-state index contributed by atoms with van der Waals surface area (Å²) in [6.45, 7) is 0.308. The molecule has 0 atom stereocenters. The van der Waals surface area contributed by atoms with E-state index >= 15 is 0 Å². The molecule has 0 bridgehead atoms. The van der Waals surface area contributed by atoms with Crippen LogP contribution in [-0.4, -0.2) is 16.8 Å². The van der Waals surface area contributed by atoms with E-state index in [0.717, 1.165) is 22.0 Å². The Bertz CT molecular complexity index is 1240. The number of amides is 2. The molecule has 3 aromatic carbocycles. The van der Waals surface area contributed by atoms with Gasteiger partial charge in [0.25, 0.3) is 11.8 Å². The average molecular weight is 430 g/mol. The van der Waals surface area contributed by atoms with Gasteiger partial charge in [0.05, 0.1) is 0 Å². The molecule has 0 aliphatic carbocycles. The van der Waals surface area contributed by atoms with Gasteiger partial charge in [-0.05, 0) is 42.0 Å². The van der Waals surface area contributed by atoms with Crippen LogP contribution in [0.1, 0.15) is 21.5 Å². The Morgan fingerprint density at radius 2 is 1.61 bits per heavy atom. The summed E-state index contributed by atoms with van der Waals surface area (Å²) in [6, 6.07) is 23.8. The summed E-state index contributed by atoms with van der Waals surface area (Å²) in [5.41, 5.74) is 3.29. The van der Waals surface area contributed by atoms with E-state index in [1.807, 2.05) is 48.7 Å². The molecule has 0 saturated heterocycles. The van der Waals surface area contributed by atoms with Crippen LogP contribution in [0.5, 0.6) is 0 Å². The van der Waals surface area contributed by atoms with Crippen LogP contribution in [0, 0.1) is 0 Å². The van der Waals surface area contributed by atoms with Crippen molar-refractivity contribution in [2.45, 2.75) is 6.54 Å². The minimum Gasteiger partial charge on any atom is -0.361 e. The molecule has 154 valence electrons. The number of aromatic nitrogens is 1. The third-order valence-corrected chi connectivity index (χ3v) is 5.07. The highest BCUT2D eigenvalue weighted by atomic mass is 35.5. The number of aromatic amines is 1. The number of hydrogen-bond acceptors (Lipinski definition) is 2. The van der Waals surface area contributed by atoms with Crippen LogP contribution in [0.25, 0.3) is 17.0 Å². The van der Waals surface area contributed by atoms with Crippen LogP contribution in [0.3, 0.4) is 0 Å². The predicted octanol–water partition coefficient (Wildman–Crippen LogP) is 4.91. The fourth-order valence-electron chi connectivity index (χ4n) is 3.19. The number of hydrogen-bond donors (Lipinski definition) is 3. The highest BCUT2D eigenvalue weighted by Crippen LogP contribution is 2.20. The van der Waals surface area contributed by atoms with Crippen molar-refractivity contribution in [1.82, 2.24) is 15.6 Å². The van der Waals surface area contributed by atoms with E-state index in [4.69, 9.17) is 11.6 Å². The Hall–Kier alpha value is -3.83. The van der Waals surface area contributed by atoms with Gasteiger partial charge in [0.1, 0.15) is 5.70 Å². The molecule has 0 saturated carbocycles. The molecule has 0 aliphatic rings. The Morgan fingerprint density at radius 3 is 2.39 bits per heavy atom. The van der Waals surface area contributed by atoms with E-state index in [2.05, 4.69) is 15.6 Å². The summed E-state index contributed by atoms with van der Waals surface area (Å²) in [7, 11) is 0. The molecule has 6 heteroatoms. The van der Waals surface area contributed by atoms with E-state index in [1.165, 1.54) is 0 Å². The summed E-state index contributed by atoms with van der Waals surface area (Å²) in [5, 5.41) is 7.20. The Labute approximate surface area is 184 Å². The number of carbonyl (C=O) groups is 2. The second-order valence-electron chi connectivity index (χ2n) is 6.98. The second-order valence-corrected chi connectivity index (χ2v) is 7.41. The molecule has 4 aromatic rings. The number of fused-ring (bicyclic) bond motifs is 1. The smallest absolute Gasteiger partial charge is 0.268 e. The molecule has 31 heavy (non-hydrogen) atoms. The Kier molecular flexibility index (Phi) is 6.15. The molecule has 0 fully saturated rings. The zero-order chi connectivity index (χ0) is 21.6. The topological polar surface area (TPSA) is 74.0 Å². The summed E-state index contributed by atoms with van der Waals surface area (Å²) in [6.07, 6.45) is 3.49. The van der Waals surface area contributed by atoms with Crippen LogP contribution in [-0.2, 0) is 11.3 Å². The number of rotatable bonds is 6. The van der Waals surface area contributed by atoms with Gasteiger partial charge in [-0.15, -0.1) is 0 Å². The molecule has 0 aliphatic heterocycles. The molecule has 0 radical (unpaired) electrons. The normalized spacial score (nSPS) is 11.3. The zero-order valence-electron chi connectivity index (χ0n) is 16.6. The monoisotopic (exact) mass is 429 g/mol. The molecule has 0 spiro atoms. The van der Waals surface area contributed by atoms with E-state index in [9.17, 15) is 9.59 Å². The van der Waals surface area contributed by atoms with Crippen molar-refractivity contribution < 1.29 is 9.59 Å². The number of carbonyl (C=O) groups excluding carboxylic acids is 2. The first-order valence-electron chi connectivity index (χ1n) is 9.77. The third-order valence-electron chi connectivity index (χ3n) is 4.82. The van der Waals surface area contributed by atoms with Gasteiger partial charge < -0.3 is 15.6 Å². The van der Waals surface area contributed by atoms with Crippen molar-refractivity contribution >= 4 is 40.4 Å². The number of benzene rings is 3. The largest absolute Gasteiger partial charge is 0.361 e. The summed E-state index contributed by atoms with van der Waals surface area (Å²) in [4.78, 5) is 28.9. The lowest BCUT2D eigenvalue weighted by Crippen LogP contribution is -2.34. The van der Waals surface area contributed by atoms with Gasteiger partial charge in [-0.3, -0.25) is 9.59 Å². The van der Waals surface area contributed by atoms with Gasteiger partial charge in [-0.1, -0.05) is 60.1 Å². The lowest BCUT2D eigenvalue weighted by molar-refractivity contribution is -0.117. The van der Waals surface area contributed by atoms with Crippen molar-refractivity contribution in [3.63, 3.8) is 0 Å². The van der Waals surface area contributed by atoms with E-state index in [1.54, 1.807) is 42.5 Å². The predicted molar refractivity (Wildman–Crippen MR) is 123 cm³/mol. The Balaban J connectivity index is 1.60. The first kappa shape index (κ1) is 20.4. The molecule has 3 N–H and O–H groups in total. The van der Waals surface area contributed by atoms with Crippen molar-refractivity contribution in [1.29, 1.82) is 0 Å². The highest BCUT2D eigenvalue weighted by Gasteiger charge is 2.15. The minimum atomic E-state index is -0.385. The SMILES string of the molecule is O=C(NCc1ccc(Cl)cc1)C(=Cc1c[nH]c2ccccc12)NC(=O)c1ccccc1. The molecule has 1 heterocycles. The molecule has 5 nitrogen and oxygen atoms in total. The molecular formula is C25H20ClN3O2. The van der Waals surface area contributed by atoms with Crippen LogP contribution >= 0.6 is 11.6 Å². The third kappa shape index (κ3) is 5.02. The molecule has 4 rings (SSSR count). The number of para-hydroxylation sites is 1. The minimum absolute atomic E-state index is 0.160. The maximum absolute atomic E-state index is 13.0. The molecule has 0 unspecified atom stereocenters. The lowest BCUT2D eigenvalue weighted by Gasteiger charge is -2.11. The van der Waals surface area contributed by atoms with Crippen molar-refractivity contribution in [3.05, 3.63) is 112 Å². The maximum Gasteiger partial charge on any atom is 0.268 e. The maximum atomic E-state index is 13.0. The summed E-state index contributed by atoms with van der Waals surface area (Å²) >= 11 is 5.92. The first-order valence-corrected chi connectivity index (χ1v) is 10.1. The van der Waals surface area contributed by atoms with Gasteiger partial charge in [0.2, 0.25) is 0 Å². The number of nitrogens with one attached hydrogen (secondary N) is 3. The van der Waals surface area contributed by atoms with Gasteiger partial charge >= 0.3 is 0 Å². The Morgan fingerprint density at radius 1 is 0.903 bits per heavy atom. The van der Waals surface area contributed by atoms with Crippen LogP contribution in [0.2, 0.25) is 5.02 Å². The molecule has 2 amide bonds. The number of H-pyrrole nitrogens is 1. The lowest BCUT2D eigenvalue weighted by atomic mass is 10.1. The van der Waals surface area contributed by atoms with Crippen molar-refractivity contribution in [2.24, 2.45) is 0 Å². The van der Waals surface area contributed by atoms with E-state index < -0.39 is 0 Å². The summed E-state index contributed by atoms with van der Waals surface area (Å²) in [5.74, 6) is -0.738. The van der Waals surface area contributed by atoms with E-state index in [0.29, 0.717) is 17.1 Å². The van der Waals surface area contributed by atoms with Crippen LogP contribution in [0.4, 0.5) is 0 Å². The fraction of sp³-hybridized carbons (Fsp3) is 0.0400. The molecule has 1 aromatic heterocycles. The zero-order valence-corrected chi connectivity index (χ0v) is 17.3. The highest BCUT2D eigenvalue weighted by molar-refractivity contribution is 6.30. The first-order chi connectivity index (χ1) is 15.1. The summed E-state index contributed by atoms with van der Waals surface area (Å²) < 4.78 is 0. The second kappa shape index (κ2) is 9.32.